The first-order valence-electron chi connectivity index (χ1n) is 7.07. The van der Waals surface area contributed by atoms with E-state index in [1.807, 2.05) is 39.0 Å². The number of esters is 1. The fraction of sp³-hybridized carbons (Fsp3) is 0.500. The lowest BCUT2D eigenvalue weighted by atomic mass is 10.1. The van der Waals surface area contributed by atoms with Crippen molar-refractivity contribution < 1.29 is 14.3 Å². The second kappa shape index (κ2) is 6.34. The van der Waals surface area contributed by atoms with E-state index in [0.717, 1.165) is 9.99 Å². The minimum Gasteiger partial charge on any atom is -0.458 e. The predicted molar refractivity (Wildman–Crippen MR) is 89.1 cm³/mol. The Labute approximate surface area is 139 Å². The van der Waals surface area contributed by atoms with Gasteiger partial charge in [0.1, 0.15) is 11.6 Å². The van der Waals surface area contributed by atoms with Crippen molar-refractivity contribution in [2.24, 2.45) is 0 Å². The van der Waals surface area contributed by atoms with Crippen LogP contribution in [0.3, 0.4) is 0 Å². The Morgan fingerprint density at radius 2 is 2.05 bits per heavy atom. The molecule has 1 aliphatic rings. The van der Waals surface area contributed by atoms with Gasteiger partial charge in [-0.15, -0.1) is 0 Å². The Bertz CT molecular complexity index is 551. The van der Waals surface area contributed by atoms with E-state index in [2.05, 4.69) is 22.6 Å². The molecule has 1 aliphatic heterocycles. The molecule has 114 valence electrons. The average molecular weight is 401 g/mol. The molecule has 0 spiro atoms. The van der Waals surface area contributed by atoms with E-state index in [1.54, 1.807) is 11.0 Å². The van der Waals surface area contributed by atoms with E-state index in [4.69, 9.17) is 4.74 Å². The van der Waals surface area contributed by atoms with Crippen molar-refractivity contribution in [2.45, 2.75) is 45.3 Å². The molecule has 0 saturated carbocycles. The van der Waals surface area contributed by atoms with E-state index in [0.29, 0.717) is 18.5 Å². The van der Waals surface area contributed by atoms with Crippen molar-refractivity contribution in [3.8, 4) is 0 Å². The van der Waals surface area contributed by atoms with Gasteiger partial charge in [-0.3, -0.25) is 4.79 Å². The fourth-order valence-electron chi connectivity index (χ4n) is 2.41. The zero-order valence-electron chi connectivity index (χ0n) is 12.6. The van der Waals surface area contributed by atoms with Crippen LogP contribution in [-0.2, 0) is 9.53 Å². The van der Waals surface area contributed by atoms with E-state index in [1.165, 1.54) is 0 Å². The summed E-state index contributed by atoms with van der Waals surface area (Å²) in [5.41, 5.74) is 0.0913. The van der Waals surface area contributed by atoms with Crippen LogP contribution in [0.4, 0.5) is 0 Å². The summed E-state index contributed by atoms with van der Waals surface area (Å²) in [7, 11) is 0. The molecule has 1 saturated heterocycles. The van der Waals surface area contributed by atoms with Crippen LogP contribution < -0.4 is 0 Å². The van der Waals surface area contributed by atoms with Gasteiger partial charge in [0.15, 0.2) is 0 Å². The number of hydrogen-bond donors (Lipinski definition) is 0. The van der Waals surface area contributed by atoms with Crippen molar-refractivity contribution >= 4 is 34.5 Å². The Hall–Kier alpha value is -1.11. The molecular formula is C16H20INO3. The van der Waals surface area contributed by atoms with Gasteiger partial charge in [-0.2, -0.15) is 0 Å². The molecule has 1 heterocycles. The molecule has 2 rings (SSSR count). The maximum absolute atomic E-state index is 12.6. The molecule has 21 heavy (non-hydrogen) atoms. The van der Waals surface area contributed by atoms with E-state index < -0.39 is 11.6 Å². The average Bonchev–Trinajstić information content (AvgIpc) is 2.85. The first-order chi connectivity index (χ1) is 9.78. The molecule has 0 unspecified atom stereocenters. The number of hydrogen-bond acceptors (Lipinski definition) is 3. The smallest absolute Gasteiger partial charge is 0.329 e. The standard InChI is InChI=1S/C16H20INO3/c1-16(2,3)21-15(20)13-8-5-9-18(13)14(19)11-6-4-7-12(17)10-11/h4,6-7,10,13H,5,8-9H2,1-3H3/t13-/m0/s1. The number of carbonyl (C=O) groups is 2. The van der Waals surface area contributed by atoms with Crippen LogP contribution in [-0.4, -0.2) is 35.0 Å². The lowest BCUT2D eigenvalue weighted by Gasteiger charge is -2.27. The summed E-state index contributed by atoms with van der Waals surface area (Å²) in [5, 5.41) is 0. The van der Waals surface area contributed by atoms with Gasteiger partial charge in [-0.25, -0.2) is 4.79 Å². The Morgan fingerprint density at radius 3 is 2.67 bits per heavy atom. The van der Waals surface area contributed by atoms with Gasteiger partial charge in [0.2, 0.25) is 0 Å². The molecular weight excluding hydrogens is 381 g/mol. The van der Waals surface area contributed by atoms with Crippen molar-refractivity contribution in [3.05, 3.63) is 33.4 Å². The highest BCUT2D eigenvalue weighted by atomic mass is 127. The first kappa shape index (κ1) is 16.3. The number of nitrogens with zero attached hydrogens (tertiary/aromatic N) is 1. The highest BCUT2D eigenvalue weighted by Crippen LogP contribution is 2.23. The maximum atomic E-state index is 12.6. The van der Waals surface area contributed by atoms with E-state index in [-0.39, 0.29) is 11.9 Å². The van der Waals surface area contributed by atoms with Crippen molar-refractivity contribution in [2.75, 3.05) is 6.54 Å². The minimum atomic E-state index is -0.531. The number of carbonyl (C=O) groups excluding carboxylic acids is 2. The molecule has 1 aromatic carbocycles. The van der Waals surface area contributed by atoms with E-state index in [9.17, 15) is 9.59 Å². The molecule has 5 heteroatoms. The predicted octanol–water partition coefficient (Wildman–Crippen LogP) is 3.24. The molecule has 1 amide bonds. The molecule has 1 aromatic rings. The maximum Gasteiger partial charge on any atom is 0.329 e. The van der Waals surface area contributed by atoms with Crippen LogP contribution >= 0.6 is 22.6 Å². The summed E-state index contributed by atoms with van der Waals surface area (Å²) in [6.45, 7) is 6.12. The fourth-order valence-corrected chi connectivity index (χ4v) is 2.96. The molecule has 1 fully saturated rings. The van der Waals surface area contributed by atoms with Gasteiger partial charge in [0, 0.05) is 15.7 Å². The molecule has 0 aliphatic carbocycles. The van der Waals surface area contributed by atoms with Gasteiger partial charge in [-0.1, -0.05) is 6.07 Å². The zero-order chi connectivity index (χ0) is 15.6. The monoisotopic (exact) mass is 401 g/mol. The van der Waals surface area contributed by atoms with Crippen LogP contribution in [0, 0.1) is 3.57 Å². The molecule has 0 N–H and O–H groups in total. The van der Waals surface area contributed by atoms with Gasteiger partial charge < -0.3 is 9.64 Å². The molecule has 1 atom stereocenters. The molecule has 0 radical (unpaired) electrons. The van der Waals surface area contributed by atoms with Gasteiger partial charge >= 0.3 is 5.97 Å². The lowest BCUT2D eigenvalue weighted by molar-refractivity contribution is -0.159. The van der Waals surface area contributed by atoms with Crippen molar-refractivity contribution in [3.63, 3.8) is 0 Å². The quantitative estimate of drug-likeness (QED) is 0.565. The van der Waals surface area contributed by atoms with Crippen LogP contribution in [0.2, 0.25) is 0 Å². The third kappa shape index (κ3) is 4.18. The highest BCUT2D eigenvalue weighted by Gasteiger charge is 2.37. The number of rotatable bonds is 2. The molecule has 0 aromatic heterocycles. The van der Waals surface area contributed by atoms with Crippen LogP contribution in [0.15, 0.2) is 24.3 Å². The third-order valence-corrected chi connectivity index (χ3v) is 3.94. The van der Waals surface area contributed by atoms with Crippen LogP contribution in [0.1, 0.15) is 44.0 Å². The second-order valence-corrected chi connectivity index (χ2v) is 7.45. The van der Waals surface area contributed by atoms with Gasteiger partial charge in [-0.05, 0) is 74.4 Å². The SMILES string of the molecule is CC(C)(C)OC(=O)[C@@H]1CCCN1C(=O)c1cccc(I)c1. The minimum absolute atomic E-state index is 0.0955. The summed E-state index contributed by atoms with van der Waals surface area (Å²) >= 11 is 2.18. The Kier molecular flexibility index (Phi) is 4.91. The largest absolute Gasteiger partial charge is 0.458 e. The summed E-state index contributed by atoms with van der Waals surface area (Å²) in [4.78, 5) is 26.5. The molecule has 4 nitrogen and oxygen atoms in total. The van der Waals surface area contributed by atoms with Crippen molar-refractivity contribution in [1.82, 2.24) is 4.90 Å². The molecule has 0 bridgehead atoms. The number of amides is 1. The third-order valence-electron chi connectivity index (χ3n) is 3.26. The van der Waals surface area contributed by atoms with Gasteiger partial charge in [0.25, 0.3) is 5.91 Å². The van der Waals surface area contributed by atoms with Crippen molar-refractivity contribution in [1.29, 1.82) is 0 Å². The summed E-state index contributed by atoms with van der Waals surface area (Å²) < 4.78 is 6.43. The first-order valence-corrected chi connectivity index (χ1v) is 8.15. The van der Waals surface area contributed by atoms with Gasteiger partial charge in [0.05, 0.1) is 0 Å². The lowest BCUT2D eigenvalue weighted by Crippen LogP contribution is -2.43. The number of benzene rings is 1. The summed E-state index contributed by atoms with van der Waals surface area (Å²) in [6, 6.07) is 6.96. The summed E-state index contributed by atoms with van der Waals surface area (Å²) in [5.74, 6) is -0.402. The summed E-state index contributed by atoms with van der Waals surface area (Å²) in [6.07, 6.45) is 1.50. The number of likely N-dealkylation sites (tertiary alicyclic amines) is 1. The Balaban J connectivity index is 2.15. The number of halogens is 1. The van der Waals surface area contributed by atoms with Crippen LogP contribution in [0.5, 0.6) is 0 Å². The normalized spacial score (nSPS) is 18.7. The number of ether oxygens (including phenoxy) is 1. The van der Waals surface area contributed by atoms with E-state index >= 15 is 0 Å². The second-order valence-electron chi connectivity index (χ2n) is 6.20. The topological polar surface area (TPSA) is 46.6 Å². The zero-order valence-corrected chi connectivity index (χ0v) is 14.7. The van der Waals surface area contributed by atoms with Crippen LogP contribution in [0.25, 0.3) is 0 Å². The highest BCUT2D eigenvalue weighted by molar-refractivity contribution is 14.1. The Morgan fingerprint density at radius 1 is 1.33 bits per heavy atom.